The van der Waals surface area contributed by atoms with E-state index in [0.717, 1.165) is 29.5 Å². The monoisotopic (exact) mass is 433 g/mol. The van der Waals surface area contributed by atoms with E-state index in [1.54, 1.807) is 12.1 Å². The minimum atomic E-state index is -1.42. The molecule has 7 heteroatoms. The van der Waals surface area contributed by atoms with Crippen molar-refractivity contribution in [1.82, 2.24) is 0 Å². The third-order valence-corrected chi connectivity index (χ3v) is 5.86. The Bertz CT molecular complexity index is 870. The number of ether oxygens (including phenoxy) is 1. The van der Waals surface area contributed by atoms with E-state index in [1.807, 2.05) is 37.3 Å². The number of rotatable bonds is 7. The maximum atomic E-state index is 10.4. The molecule has 1 aliphatic heterocycles. The predicted octanol–water partition coefficient (Wildman–Crippen LogP) is 2.61. The minimum Gasteiger partial charge on any atom is -0.394 e. The average molecular weight is 434 g/mol. The maximum absolute atomic E-state index is 10.4. The largest absolute Gasteiger partial charge is 0.394 e. The van der Waals surface area contributed by atoms with Crippen LogP contribution in [0.3, 0.4) is 0 Å². The highest BCUT2D eigenvalue weighted by molar-refractivity contribution is 6.31. The van der Waals surface area contributed by atoms with Gasteiger partial charge in [-0.2, -0.15) is 0 Å². The molecule has 0 amide bonds. The highest BCUT2D eigenvalue weighted by Gasteiger charge is 2.44. The number of aliphatic hydroxyl groups excluding tert-OH is 4. The van der Waals surface area contributed by atoms with Gasteiger partial charge in [-0.15, -0.1) is 0 Å². The Balaban J connectivity index is 1.81. The van der Waals surface area contributed by atoms with Crippen LogP contribution in [0.15, 0.2) is 42.5 Å². The van der Waals surface area contributed by atoms with Crippen LogP contribution < -0.4 is 0 Å². The molecule has 1 aliphatic rings. The first-order valence-corrected chi connectivity index (χ1v) is 10.5. The molecule has 0 radical (unpaired) electrons. The molecule has 162 valence electrons. The number of halogens is 1. The smallest absolute Gasteiger partial charge is 0.113 e. The predicted molar refractivity (Wildman–Crippen MR) is 115 cm³/mol. The lowest BCUT2D eigenvalue weighted by molar-refractivity contribution is -0.231. The van der Waals surface area contributed by atoms with Gasteiger partial charge in [0.15, 0.2) is 0 Å². The van der Waals surface area contributed by atoms with Gasteiger partial charge in [-0.3, -0.25) is 0 Å². The van der Waals surface area contributed by atoms with Crippen LogP contribution >= 0.6 is 11.6 Å². The molecule has 1 heterocycles. The molecule has 30 heavy (non-hydrogen) atoms. The average Bonchev–Trinajstić information content (AvgIpc) is 2.75. The summed E-state index contributed by atoms with van der Waals surface area (Å²) < 4.78 is 5.65. The second kappa shape index (κ2) is 10.0. The van der Waals surface area contributed by atoms with Gasteiger partial charge in [-0.1, -0.05) is 61.3 Å². The molecule has 2 aromatic rings. The Hall–Kier alpha value is -1.80. The molecule has 0 bridgehead atoms. The van der Waals surface area contributed by atoms with E-state index in [-0.39, 0.29) is 0 Å². The topological polar surface area (TPSA) is 114 Å². The molecule has 0 unspecified atom stereocenters. The van der Waals surface area contributed by atoms with Crippen molar-refractivity contribution in [3.63, 3.8) is 0 Å². The van der Waals surface area contributed by atoms with Crippen molar-refractivity contribution in [3.05, 3.63) is 69.7 Å². The Morgan fingerprint density at radius 1 is 1.03 bits per heavy atom. The Labute approximate surface area is 181 Å². The SMILES string of the molecule is CCCC(=N)c1ccc(Cc2cc([C@@H]3O[C@H](CO)[C@@H](O)[C@H](O)[C@H]3O)ccc2Cl)cc1. The van der Waals surface area contributed by atoms with E-state index in [1.165, 1.54) is 0 Å². The molecule has 0 saturated carbocycles. The van der Waals surface area contributed by atoms with Gasteiger partial charge in [0, 0.05) is 10.7 Å². The van der Waals surface area contributed by atoms with Gasteiger partial charge in [-0.05, 0) is 41.2 Å². The molecular weight excluding hydrogens is 406 g/mol. The molecule has 6 nitrogen and oxygen atoms in total. The van der Waals surface area contributed by atoms with E-state index >= 15 is 0 Å². The summed E-state index contributed by atoms with van der Waals surface area (Å²) >= 11 is 6.39. The first-order valence-electron chi connectivity index (χ1n) is 10.1. The van der Waals surface area contributed by atoms with Crippen LogP contribution in [-0.2, 0) is 11.2 Å². The molecule has 1 fully saturated rings. The summed E-state index contributed by atoms with van der Waals surface area (Å²) in [6, 6.07) is 13.0. The van der Waals surface area contributed by atoms with Gasteiger partial charge in [-0.25, -0.2) is 0 Å². The zero-order valence-corrected chi connectivity index (χ0v) is 17.6. The van der Waals surface area contributed by atoms with Crippen LogP contribution in [0.4, 0.5) is 0 Å². The summed E-state index contributed by atoms with van der Waals surface area (Å²) in [6.07, 6.45) is -3.78. The van der Waals surface area contributed by atoms with Crippen LogP contribution in [0, 0.1) is 5.41 Å². The summed E-state index contributed by atoms with van der Waals surface area (Å²) in [4.78, 5) is 0. The molecule has 0 aliphatic carbocycles. The van der Waals surface area contributed by atoms with Crippen LogP contribution in [0.2, 0.25) is 5.02 Å². The number of benzene rings is 2. The molecule has 1 saturated heterocycles. The number of hydrogen-bond acceptors (Lipinski definition) is 6. The Morgan fingerprint density at radius 2 is 1.73 bits per heavy atom. The van der Waals surface area contributed by atoms with Crippen molar-refractivity contribution in [1.29, 1.82) is 5.41 Å². The first kappa shape index (κ1) is 22.9. The quantitative estimate of drug-likeness (QED) is 0.431. The van der Waals surface area contributed by atoms with Gasteiger partial charge in [0.25, 0.3) is 0 Å². The van der Waals surface area contributed by atoms with Gasteiger partial charge in [0.1, 0.15) is 30.5 Å². The van der Waals surface area contributed by atoms with Crippen LogP contribution in [0.1, 0.15) is 48.1 Å². The fraction of sp³-hybridized carbons (Fsp3) is 0.435. The van der Waals surface area contributed by atoms with E-state index in [9.17, 15) is 20.4 Å². The Kier molecular flexibility index (Phi) is 7.63. The van der Waals surface area contributed by atoms with Gasteiger partial charge < -0.3 is 30.6 Å². The Morgan fingerprint density at radius 3 is 2.37 bits per heavy atom. The zero-order valence-electron chi connectivity index (χ0n) is 16.8. The fourth-order valence-electron chi connectivity index (χ4n) is 3.72. The summed E-state index contributed by atoms with van der Waals surface area (Å²) in [5.41, 5.74) is 3.97. The van der Waals surface area contributed by atoms with Crippen LogP contribution in [-0.4, -0.2) is 57.2 Å². The first-order chi connectivity index (χ1) is 14.3. The molecule has 0 spiro atoms. The molecule has 3 rings (SSSR count). The lowest BCUT2D eigenvalue weighted by Crippen LogP contribution is -2.55. The summed E-state index contributed by atoms with van der Waals surface area (Å²) in [5, 5.41) is 48.5. The van der Waals surface area contributed by atoms with E-state index in [0.29, 0.717) is 22.7 Å². The molecule has 5 atom stereocenters. The summed E-state index contributed by atoms with van der Waals surface area (Å²) in [6.45, 7) is 1.58. The number of hydrogen-bond donors (Lipinski definition) is 5. The zero-order chi connectivity index (χ0) is 21.8. The molecular formula is C23H28ClNO5. The van der Waals surface area contributed by atoms with Crippen molar-refractivity contribution < 1.29 is 25.2 Å². The highest BCUT2D eigenvalue weighted by Crippen LogP contribution is 2.34. The van der Waals surface area contributed by atoms with E-state index in [2.05, 4.69) is 0 Å². The standard InChI is InChI=1S/C23H28ClNO5/c1-2-3-18(25)14-6-4-13(5-7-14)10-16-11-15(8-9-17(16)24)23-22(29)21(28)20(27)19(12-26)30-23/h4-9,11,19-23,25-29H,2-3,10,12H2,1H3/t19-,20-,21+,22-,23+/m1/s1. The lowest BCUT2D eigenvalue weighted by Gasteiger charge is -2.40. The lowest BCUT2D eigenvalue weighted by atomic mass is 9.90. The maximum Gasteiger partial charge on any atom is 0.113 e. The van der Waals surface area contributed by atoms with Crippen molar-refractivity contribution in [2.75, 3.05) is 6.61 Å². The van der Waals surface area contributed by atoms with Crippen molar-refractivity contribution in [3.8, 4) is 0 Å². The van der Waals surface area contributed by atoms with Gasteiger partial charge >= 0.3 is 0 Å². The van der Waals surface area contributed by atoms with Gasteiger partial charge in [0.05, 0.1) is 6.61 Å². The van der Waals surface area contributed by atoms with Crippen molar-refractivity contribution in [2.45, 2.75) is 56.7 Å². The highest BCUT2D eigenvalue weighted by atomic mass is 35.5. The normalized spacial score (nSPS) is 26.5. The third-order valence-electron chi connectivity index (χ3n) is 5.49. The fourth-order valence-corrected chi connectivity index (χ4v) is 3.91. The number of nitrogens with one attached hydrogen (secondary N) is 1. The second-order valence-electron chi connectivity index (χ2n) is 7.70. The summed E-state index contributed by atoms with van der Waals surface area (Å²) in [7, 11) is 0. The second-order valence-corrected chi connectivity index (χ2v) is 8.11. The van der Waals surface area contributed by atoms with Crippen molar-refractivity contribution in [2.24, 2.45) is 0 Å². The molecule has 0 aromatic heterocycles. The van der Waals surface area contributed by atoms with E-state index in [4.69, 9.17) is 21.7 Å². The van der Waals surface area contributed by atoms with E-state index < -0.39 is 37.1 Å². The van der Waals surface area contributed by atoms with Crippen LogP contribution in [0.25, 0.3) is 0 Å². The molecule has 2 aromatic carbocycles. The van der Waals surface area contributed by atoms with Crippen molar-refractivity contribution >= 4 is 17.3 Å². The van der Waals surface area contributed by atoms with Crippen LogP contribution in [0.5, 0.6) is 0 Å². The van der Waals surface area contributed by atoms with Gasteiger partial charge in [0.2, 0.25) is 0 Å². The summed E-state index contributed by atoms with van der Waals surface area (Å²) in [5.74, 6) is 0. The third kappa shape index (κ3) is 4.91. The number of aliphatic hydroxyl groups is 4. The minimum absolute atomic E-state index is 0.471. The molecule has 5 N–H and O–H groups in total.